The molecule has 0 aliphatic carbocycles. The topological polar surface area (TPSA) is 37.3 Å². The SMILES string of the molecule is O=Cc1c(CO)ccc2ccc3ccccc3c12. The Balaban J connectivity index is 2.57. The van der Waals surface area contributed by atoms with Crippen molar-refractivity contribution in [2.45, 2.75) is 6.61 Å². The predicted molar refractivity (Wildman–Crippen MR) is 72.8 cm³/mol. The molecule has 2 nitrogen and oxygen atoms in total. The van der Waals surface area contributed by atoms with Crippen molar-refractivity contribution in [3.05, 3.63) is 59.7 Å². The van der Waals surface area contributed by atoms with E-state index in [2.05, 4.69) is 0 Å². The minimum Gasteiger partial charge on any atom is -0.392 e. The molecule has 0 saturated carbocycles. The second kappa shape index (κ2) is 4.24. The fourth-order valence-electron chi connectivity index (χ4n) is 2.44. The lowest BCUT2D eigenvalue weighted by Crippen LogP contribution is -1.94. The van der Waals surface area contributed by atoms with Crippen LogP contribution < -0.4 is 0 Å². The fraction of sp³-hybridized carbons (Fsp3) is 0.0625. The Morgan fingerprint density at radius 1 is 0.944 bits per heavy atom. The molecule has 2 heteroatoms. The third-order valence-electron chi connectivity index (χ3n) is 3.33. The summed E-state index contributed by atoms with van der Waals surface area (Å²) in [6.45, 7) is -0.118. The van der Waals surface area contributed by atoms with Gasteiger partial charge in [0.15, 0.2) is 6.29 Å². The summed E-state index contributed by atoms with van der Waals surface area (Å²) in [4.78, 5) is 11.3. The van der Waals surface area contributed by atoms with E-state index in [0.29, 0.717) is 11.1 Å². The number of benzene rings is 3. The number of hydrogen-bond acceptors (Lipinski definition) is 2. The second-order valence-electron chi connectivity index (χ2n) is 4.30. The zero-order valence-electron chi connectivity index (χ0n) is 9.76. The van der Waals surface area contributed by atoms with Crippen LogP contribution in [0.1, 0.15) is 15.9 Å². The van der Waals surface area contributed by atoms with E-state index in [0.717, 1.165) is 27.8 Å². The molecule has 0 amide bonds. The van der Waals surface area contributed by atoms with Crippen LogP contribution in [0.3, 0.4) is 0 Å². The van der Waals surface area contributed by atoms with E-state index in [1.807, 2.05) is 42.5 Å². The monoisotopic (exact) mass is 236 g/mol. The molecule has 3 aromatic carbocycles. The van der Waals surface area contributed by atoms with Gasteiger partial charge in [0, 0.05) is 10.9 Å². The predicted octanol–water partition coefficient (Wildman–Crippen LogP) is 3.30. The summed E-state index contributed by atoms with van der Waals surface area (Å²) >= 11 is 0. The molecule has 0 unspecified atom stereocenters. The molecule has 0 heterocycles. The first-order chi connectivity index (χ1) is 8.85. The van der Waals surface area contributed by atoms with E-state index in [9.17, 15) is 9.90 Å². The van der Waals surface area contributed by atoms with E-state index in [1.54, 1.807) is 6.07 Å². The first-order valence-electron chi connectivity index (χ1n) is 5.84. The molecule has 3 rings (SSSR count). The Morgan fingerprint density at radius 3 is 2.44 bits per heavy atom. The lowest BCUT2D eigenvalue weighted by atomic mass is 9.95. The smallest absolute Gasteiger partial charge is 0.151 e. The van der Waals surface area contributed by atoms with Gasteiger partial charge in [-0.15, -0.1) is 0 Å². The van der Waals surface area contributed by atoms with E-state index in [1.165, 1.54) is 0 Å². The maximum absolute atomic E-state index is 11.3. The summed E-state index contributed by atoms with van der Waals surface area (Å²) in [5.74, 6) is 0. The molecular formula is C16H12O2. The molecule has 18 heavy (non-hydrogen) atoms. The number of rotatable bonds is 2. The highest BCUT2D eigenvalue weighted by molar-refractivity contribution is 6.14. The van der Waals surface area contributed by atoms with Crippen LogP contribution in [-0.2, 0) is 6.61 Å². The number of carbonyl (C=O) groups is 1. The third-order valence-corrected chi connectivity index (χ3v) is 3.33. The summed E-state index contributed by atoms with van der Waals surface area (Å²) in [5, 5.41) is 13.4. The molecular weight excluding hydrogens is 224 g/mol. The first-order valence-corrected chi connectivity index (χ1v) is 5.84. The van der Waals surface area contributed by atoms with Gasteiger partial charge in [-0.25, -0.2) is 0 Å². The van der Waals surface area contributed by atoms with Crippen LogP contribution in [0.25, 0.3) is 21.5 Å². The Morgan fingerprint density at radius 2 is 1.67 bits per heavy atom. The van der Waals surface area contributed by atoms with Gasteiger partial charge in [-0.05, 0) is 21.7 Å². The fourth-order valence-corrected chi connectivity index (χ4v) is 2.44. The summed E-state index contributed by atoms with van der Waals surface area (Å²) in [6.07, 6.45) is 0.834. The number of fused-ring (bicyclic) bond motifs is 3. The van der Waals surface area contributed by atoms with Gasteiger partial charge in [-0.2, -0.15) is 0 Å². The van der Waals surface area contributed by atoms with Gasteiger partial charge < -0.3 is 5.11 Å². The van der Waals surface area contributed by atoms with Crippen LogP contribution in [0.15, 0.2) is 48.5 Å². The Bertz CT molecular complexity index is 745. The van der Waals surface area contributed by atoms with Gasteiger partial charge in [-0.1, -0.05) is 48.5 Å². The third kappa shape index (κ3) is 1.50. The second-order valence-corrected chi connectivity index (χ2v) is 4.30. The average Bonchev–Trinajstić information content (AvgIpc) is 2.45. The first kappa shape index (κ1) is 10.9. The van der Waals surface area contributed by atoms with Crippen molar-refractivity contribution >= 4 is 27.8 Å². The van der Waals surface area contributed by atoms with E-state index < -0.39 is 0 Å². The maximum atomic E-state index is 11.3. The molecule has 1 N–H and O–H groups in total. The largest absolute Gasteiger partial charge is 0.392 e. The molecule has 0 atom stereocenters. The van der Waals surface area contributed by atoms with Crippen molar-refractivity contribution in [3.8, 4) is 0 Å². The summed E-state index contributed by atoms with van der Waals surface area (Å²) < 4.78 is 0. The highest BCUT2D eigenvalue weighted by Gasteiger charge is 2.09. The lowest BCUT2D eigenvalue weighted by molar-refractivity contribution is 0.112. The van der Waals surface area contributed by atoms with Crippen molar-refractivity contribution < 1.29 is 9.90 Å². The van der Waals surface area contributed by atoms with Crippen LogP contribution in [0.2, 0.25) is 0 Å². The quantitative estimate of drug-likeness (QED) is 0.547. The van der Waals surface area contributed by atoms with Gasteiger partial charge >= 0.3 is 0 Å². The summed E-state index contributed by atoms with van der Waals surface area (Å²) in [6, 6.07) is 15.8. The highest BCUT2D eigenvalue weighted by Crippen LogP contribution is 2.29. The number of hydrogen-bond donors (Lipinski definition) is 1. The van der Waals surface area contributed by atoms with Crippen LogP contribution in [0, 0.1) is 0 Å². The minimum absolute atomic E-state index is 0.118. The Labute approximate surface area is 104 Å². The zero-order chi connectivity index (χ0) is 12.5. The maximum Gasteiger partial charge on any atom is 0.151 e. The molecule has 3 aromatic rings. The van der Waals surface area contributed by atoms with E-state index >= 15 is 0 Å². The van der Waals surface area contributed by atoms with Crippen LogP contribution >= 0.6 is 0 Å². The van der Waals surface area contributed by atoms with E-state index in [4.69, 9.17) is 0 Å². The molecule has 88 valence electrons. The Hall–Kier alpha value is -2.19. The van der Waals surface area contributed by atoms with Crippen molar-refractivity contribution in [2.24, 2.45) is 0 Å². The molecule has 0 fully saturated rings. The van der Waals surface area contributed by atoms with Crippen LogP contribution in [-0.4, -0.2) is 11.4 Å². The lowest BCUT2D eigenvalue weighted by Gasteiger charge is -2.09. The van der Waals surface area contributed by atoms with E-state index in [-0.39, 0.29) is 6.61 Å². The van der Waals surface area contributed by atoms with Gasteiger partial charge in [0.05, 0.1) is 6.61 Å². The zero-order valence-corrected chi connectivity index (χ0v) is 9.76. The molecule has 0 aliphatic rings. The molecule has 0 bridgehead atoms. The average molecular weight is 236 g/mol. The molecule has 0 radical (unpaired) electrons. The van der Waals surface area contributed by atoms with Crippen LogP contribution in [0.5, 0.6) is 0 Å². The van der Waals surface area contributed by atoms with Gasteiger partial charge in [0.2, 0.25) is 0 Å². The van der Waals surface area contributed by atoms with Crippen molar-refractivity contribution in [1.29, 1.82) is 0 Å². The standard InChI is InChI=1S/C16H12O2/c17-9-13-8-7-12-6-5-11-3-1-2-4-14(11)16(12)15(13)10-18/h1-8,10,17H,9H2. The molecule has 0 saturated heterocycles. The van der Waals surface area contributed by atoms with Crippen molar-refractivity contribution in [1.82, 2.24) is 0 Å². The van der Waals surface area contributed by atoms with Gasteiger partial charge in [0.25, 0.3) is 0 Å². The van der Waals surface area contributed by atoms with Crippen LogP contribution in [0.4, 0.5) is 0 Å². The highest BCUT2D eigenvalue weighted by atomic mass is 16.3. The number of aliphatic hydroxyl groups is 1. The molecule has 0 spiro atoms. The Kier molecular flexibility index (Phi) is 2.58. The number of aliphatic hydroxyl groups excluding tert-OH is 1. The van der Waals surface area contributed by atoms with Gasteiger partial charge in [0.1, 0.15) is 0 Å². The summed E-state index contributed by atoms with van der Waals surface area (Å²) in [5.41, 5.74) is 1.26. The van der Waals surface area contributed by atoms with Crippen molar-refractivity contribution in [2.75, 3.05) is 0 Å². The summed E-state index contributed by atoms with van der Waals surface area (Å²) in [7, 11) is 0. The number of aldehydes is 1. The number of carbonyl (C=O) groups excluding carboxylic acids is 1. The molecule has 0 aliphatic heterocycles. The van der Waals surface area contributed by atoms with Crippen molar-refractivity contribution in [3.63, 3.8) is 0 Å². The van der Waals surface area contributed by atoms with Gasteiger partial charge in [-0.3, -0.25) is 4.79 Å². The molecule has 0 aromatic heterocycles. The normalized spacial score (nSPS) is 10.9. The minimum atomic E-state index is -0.118.